The number of anilines is 1. The second-order valence-corrected chi connectivity index (χ2v) is 3.79. The van der Waals surface area contributed by atoms with Crippen LogP contribution in [0.5, 0.6) is 0 Å². The molecular weight excluding hydrogens is 186 g/mol. The minimum atomic E-state index is 0.549. The van der Waals surface area contributed by atoms with Gasteiger partial charge in [0.25, 0.3) is 0 Å². The molecule has 84 valence electrons. The predicted octanol–water partition coefficient (Wildman–Crippen LogP) is 2.17. The maximum atomic E-state index is 5.70. The molecule has 1 aromatic heterocycles. The average Bonchev–Trinajstić information content (AvgIpc) is 2.30. The fraction of sp³-hybridized carbons (Fsp3) is 0.583. The van der Waals surface area contributed by atoms with E-state index in [-0.39, 0.29) is 0 Å². The third-order valence-corrected chi connectivity index (χ3v) is 2.97. The van der Waals surface area contributed by atoms with Crippen LogP contribution in [0.2, 0.25) is 0 Å². The highest BCUT2D eigenvalue weighted by atomic mass is 15.1. The molecule has 0 bridgehead atoms. The van der Waals surface area contributed by atoms with Crippen molar-refractivity contribution < 1.29 is 0 Å². The van der Waals surface area contributed by atoms with Crippen LogP contribution in [0, 0.1) is 0 Å². The van der Waals surface area contributed by atoms with E-state index >= 15 is 0 Å². The molecule has 3 heteroatoms. The van der Waals surface area contributed by atoms with Crippen molar-refractivity contribution in [2.45, 2.75) is 39.3 Å². The first-order valence-electron chi connectivity index (χ1n) is 5.60. The van der Waals surface area contributed by atoms with Gasteiger partial charge in [0.1, 0.15) is 0 Å². The van der Waals surface area contributed by atoms with Crippen LogP contribution in [-0.4, -0.2) is 18.1 Å². The van der Waals surface area contributed by atoms with Gasteiger partial charge in [0.2, 0.25) is 0 Å². The van der Waals surface area contributed by atoms with Gasteiger partial charge in [-0.05, 0) is 18.9 Å². The maximum absolute atomic E-state index is 5.70. The Morgan fingerprint density at radius 2 is 2.07 bits per heavy atom. The van der Waals surface area contributed by atoms with Crippen molar-refractivity contribution in [3.8, 4) is 0 Å². The van der Waals surface area contributed by atoms with Crippen molar-refractivity contribution in [1.29, 1.82) is 0 Å². The van der Waals surface area contributed by atoms with E-state index in [1.165, 1.54) is 5.69 Å². The lowest BCUT2D eigenvalue weighted by Crippen LogP contribution is -2.31. The van der Waals surface area contributed by atoms with Crippen LogP contribution in [0.1, 0.15) is 32.3 Å². The third kappa shape index (κ3) is 2.69. The summed E-state index contributed by atoms with van der Waals surface area (Å²) in [5.41, 5.74) is 8.03. The molecule has 0 aliphatic rings. The topological polar surface area (TPSA) is 42.2 Å². The quantitative estimate of drug-likeness (QED) is 0.804. The van der Waals surface area contributed by atoms with Crippen LogP contribution >= 0.6 is 0 Å². The Balaban J connectivity index is 2.93. The molecule has 0 radical (unpaired) electrons. The van der Waals surface area contributed by atoms with Gasteiger partial charge in [-0.3, -0.25) is 4.98 Å². The van der Waals surface area contributed by atoms with E-state index < -0.39 is 0 Å². The first kappa shape index (κ1) is 12.0. The lowest BCUT2D eigenvalue weighted by atomic mass is 10.1. The summed E-state index contributed by atoms with van der Waals surface area (Å²) in [5, 5.41) is 0. The molecule has 0 saturated carbocycles. The fourth-order valence-electron chi connectivity index (χ4n) is 1.95. The van der Waals surface area contributed by atoms with E-state index in [0.29, 0.717) is 12.6 Å². The van der Waals surface area contributed by atoms with E-state index in [2.05, 4.69) is 30.8 Å². The summed E-state index contributed by atoms with van der Waals surface area (Å²) in [7, 11) is 2.13. The van der Waals surface area contributed by atoms with Crippen LogP contribution in [0.25, 0.3) is 0 Å². The number of hydrogen-bond acceptors (Lipinski definition) is 3. The van der Waals surface area contributed by atoms with Gasteiger partial charge in [0, 0.05) is 43.3 Å². The summed E-state index contributed by atoms with van der Waals surface area (Å²) >= 11 is 0. The van der Waals surface area contributed by atoms with Crippen molar-refractivity contribution in [2.24, 2.45) is 5.73 Å². The Bertz CT molecular complexity index is 295. The van der Waals surface area contributed by atoms with Gasteiger partial charge in [-0.1, -0.05) is 13.8 Å². The molecule has 0 aliphatic carbocycles. The summed E-state index contributed by atoms with van der Waals surface area (Å²) < 4.78 is 0. The zero-order chi connectivity index (χ0) is 11.3. The summed E-state index contributed by atoms with van der Waals surface area (Å²) in [5.74, 6) is 0. The number of pyridine rings is 1. The van der Waals surface area contributed by atoms with Gasteiger partial charge >= 0.3 is 0 Å². The Hall–Kier alpha value is -1.09. The summed E-state index contributed by atoms with van der Waals surface area (Å²) in [6.45, 7) is 4.98. The lowest BCUT2D eigenvalue weighted by molar-refractivity contribution is 0.589. The van der Waals surface area contributed by atoms with E-state index in [1.54, 1.807) is 0 Å². The molecule has 0 fully saturated rings. The van der Waals surface area contributed by atoms with Gasteiger partial charge in [0.05, 0.1) is 0 Å². The van der Waals surface area contributed by atoms with E-state index in [1.807, 2.05) is 18.5 Å². The van der Waals surface area contributed by atoms with Gasteiger partial charge in [0.15, 0.2) is 0 Å². The van der Waals surface area contributed by atoms with Gasteiger partial charge in [-0.15, -0.1) is 0 Å². The molecule has 1 heterocycles. The second kappa shape index (κ2) is 5.71. The molecule has 2 N–H and O–H groups in total. The SMILES string of the molecule is CCC(CC)N(C)c1ccncc1CN. The molecular formula is C12H21N3. The lowest BCUT2D eigenvalue weighted by Gasteiger charge is -2.29. The molecule has 0 aliphatic heterocycles. The van der Waals surface area contributed by atoms with Crippen molar-refractivity contribution >= 4 is 5.69 Å². The van der Waals surface area contributed by atoms with Gasteiger partial charge in [-0.25, -0.2) is 0 Å². The number of nitrogens with zero attached hydrogens (tertiary/aromatic N) is 2. The molecule has 1 rings (SSSR count). The van der Waals surface area contributed by atoms with Crippen LogP contribution < -0.4 is 10.6 Å². The zero-order valence-corrected chi connectivity index (χ0v) is 9.90. The molecule has 0 aromatic carbocycles. The monoisotopic (exact) mass is 207 g/mol. The number of aromatic nitrogens is 1. The smallest absolute Gasteiger partial charge is 0.0442 e. The molecule has 0 saturated heterocycles. The maximum Gasteiger partial charge on any atom is 0.0442 e. The normalized spacial score (nSPS) is 10.7. The van der Waals surface area contributed by atoms with E-state index in [9.17, 15) is 0 Å². The molecule has 0 spiro atoms. The molecule has 1 aromatic rings. The Kier molecular flexibility index (Phi) is 4.56. The van der Waals surface area contributed by atoms with Crippen molar-refractivity contribution in [3.05, 3.63) is 24.0 Å². The predicted molar refractivity (Wildman–Crippen MR) is 64.9 cm³/mol. The first-order valence-corrected chi connectivity index (χ1v) is 5.60. The molecule has 0 amide bonds. The first-order chi connectivity index (χ1) is 7.24. The number of nitrogens with two attached hydrogens (primary N) is 1. The van der Waals surface area contributed by atoms with Crippen molar-refractivity contribution in [1.82, 2.24) is 4.98 Å². The molecule has 3 nitrogen and oxygen atoms in total. The zero-order valence-electron chi connectivity index (χ0n) is 9.90. The highest BCUT2D eigenvalue weighted by Gasteiger charge is 2.13. The standard InChI is InChI=1S/C12H21N3/c1-4-11(5-2)15(3)12-6-7-14-9-10(12)8-13/h6-7,9,11H,4-5,8,13H2,1-3H3. The van der Waals surface area contributed by atoms with Crippen LogP contribution in [-0.2, 0) is 6.54 Å². The molecule has 0 unspecified atom stereocenters. The van der Waals surface area contributed by atoms with Gasteiger partial charge in [-0.2, -0.15) is 0 Å². The number of rotatable bonds is 5. The Morgan fingerprint density at radius 1 is 1.40 bits per heavy atom. The molecule has 0 atom stereocenters. The minimum absolute atomic E-state index is 0.549. The van der Waals surface area contributed by atoms with Crippen LogP contribution in [0.3, 0.4) is 0 Å². The van der Waals surface area contributed by atoms with Crippen LogP contribution in [0.4, 0.5) is 5.69 Å². The van der Waals surface area contributed by atoms with Crippen molar-refractivity contribution in [3.63, 3.8) is 0 Å². The van der Waals surface area contributed by atoms with Crippen molar-refractivity contribution in [2.75, 3.05) is 11.9 Å². The third-order valence-electron chi connectivity index (χ3n) is 2.97. The summed E-state index contributed by atoms with van der Waals surface area (Å²) in [4.78, 5) is 6.41. The largest absolute Gasteiger partial charge is 0.371 e. The average molecular weight is 207 g/mol. The summed E-state index contributed by atoms with van der Waals surface area (Å²) in [6.07, 6.45) is 5.99. The van der Waals surface area contributed by atoms with Gasteiger partial charge < -0.3 is 10.6 Å². The second-order valence-electron chi connectivity index (χ2n) is 3.79. The Morgan fingerprint density at radius 3 is 2.60 bits per heavy atom. The van der Waals surface area contributed by atoms with Crippen LogP contribution in [0.15, 0.2) is 18.5 Å². The minimum Gasteiger partial charge on any atom is -0.371 e. The molecule has 15 heavy (non-hydrogen) atoms. The number of hydrogen-bond donors (Lipinski definition) is 1. The van der Waals surface area contributed by atoms with E-state index in [0.717, 1.165) is 18.4 Å². The summed E-state index contributed by atoms with van der Waals surface area (Å²) in [6, 6.07) is 2.62. The Labute approximate surface area is 92.3 Å². The highest BCUT2D eigenvalue weighted by Crippen LogP contribution is 2.21. The van der Waals surface area contributed by atoms with E-state index in [4.69, 9.17) is 5.73 Å². The highest BCUT2D eigenvalue weighted by molar-refractivity contribution is 5.52. The fourth-order valence-corrected chi connectivity index (χ4v) is 1.95.